The van der Waals surface area contributed by atoms with Crippen molar-refractivity contribution in [3.05, 3.63) is 17.4 Å². The fraction of sp³-hybridized carbons (Fsp3) is 0.600. The molecule has 2 N–H and O–H groups in total. The first-order valence-electron chi connectivity index (χ1n) is 5.29. The van der Waals surface area contributed by atoms with E-state index in [1.165, 1.54) is 12.8 Å². The predicted molar refractivity (Wildman–Crippen MR) is 61.2 cm³/mol. The Kier molecular flexibility index (Phi) is 3.75. The minimum absolute atomic E-state index is 0.568. The molecule has 2 rings (SSSR count). The minimum Gasteiger partial charge on any atom is -0.354 e. The Hall–Kier alpha value is -0.870. The fourth-order valence-electron chi connectivity index (χ4n) is 1.76. The quantitative estimate of drug-likeness (QED) is 0.821. The number of nitrogens with one attached hydrogen (secondary N) is 2. The van der Waals surface area contributed by atoms with E-state index in [4.69, 9.17) is 11.6 Å². The van der Waals surface area contributed by atoms with Crippen LogP contribution in [0.1, 0.15) is 19.3 Å². The summed E-state index contributed by atoms with van der Waals surface area (Å²) in [6, 6.07) is 0.657. The van der Waals surface area contributed by atoms with Crippen molar-refractivity contribution in [2.24, 2.45) is 0 Å². The molecule has 1 aliphatic rings. The van der Waals surface area contributed by atoms with Gasteiger partial charge in [0.05, 0.1) is 17.4 Å². The number of anilines is 1. The number of hydrogen-bond acceptors (Lipinski definition) is 4. The summed E-state index contributed by atoms with van der Waals surface area (Å²) in [6.45, 7) is 2.06. The molecule has 0 amide bonds. The number of halogens is 1. The first-order valence-corrected chi connectivity index (χ1v) is 5.67. The lowest BCUT2D eigenvalue weighted by molar-refractivity contribution is 0.573. The van der Waals surface area contributed by atoms with Gasteiger partial charge in [0.25, 0.3) is 0 Å². The van der Waals surface area contributed by atoms with Crippen LogP contribution in [-0.4, -0.2) is 29.1 Å². The summed E-state index contributed by atoms with van der Waals surface area (Å²) in [7, 11) is 0. The third kappa shape index (κ3) is 3.32. The zero-order valence-electron chi connectivity index (χ0n) is 8.54. The molecule has 1 atom stereocenters. The summed E-state index contributed by atoms with van der Waals surface area (Å²) in [6.07, 6.45) is 6.90. The monoisotopic (exact) mass is 226 g/mol. The van der Waals surface area contributed by atoms with E-state index in [2.05, 4.69) is 20.6 Å². The summed E-state index contributed by atoms with van der Waals surface area (Å²) in [5.41, 5.74) is 0. The lowest BCUT2D eigenvalue weighted by atomic mass is 10.1. The highest BCUT2D eigenvalue weighted by Crippen LogP contribution is 2.09. The van der Waals surface area contributed by atoms with Crippen LogP contribution in [0.5, 0.6) is 0 Å². The molecule has 2 heterocycles. The fourth-order valence-corrected chi connectivity index (χ4v) is 1.86. The van der Waals surface area contributed by atoms with Crippen LogP contribution in [0.15, 0.2) is 12.4 Å². The molecule has 1 fully saturated rings. The van der Waals surface area contributed by atoms with Gasteiger partial charge < -0.3 is 10.6 Å². The zero-order chi connectivity index (χ0) is 10.5. The predicted octanol–water partition coefficient (Wildman–Crippen LogP) is 1.68. The van der Waals surface area contributed by atoms with Gasteiger partial charge in [-0.1, -0.05) is 11.6 Å². The van der Waals surface area contributed by atoms with E-state index in [1.54, 1.807) is 12.4 Å². The molecule has 0 spiro atoms. The first-order chi connectivity index (χ1) is 7.34. The lowest BCUT2D eigenvalue weighted by Gasteiger charge is -2.10. The van der Waals surface area contributed by atoms with Crippen LogP contribution >= 0.6 is 11.6 Å². The van der Waals surface area contributed by atoms with Gasteiger partial charge in [0, 0.05) is 12.6 Å². The molecule has 5 heteroatoms. The van der Waals surface area contributed by atoms with E-state index in [1.807, 2.05) is 0 Å². The highest BCUT2D eigenvalue weighted by molar-refractivity contribution is 6.30. The second kappa shape index (κ2) is 5.28. The highest BCUT2D eigenvalue weighted by Gasteiger charge is 2.12. The third-order valence-corrected chi connectivity index (χ3v) is 2.75. The Bertz CT molecular complexity index is 295. The summed E-state index contributed by atoms with van der Waals surface area (Å²) < 4.78 is 0. The second-order valence-corrected chi connectivity index (χ2v) is 4.17. The maximum Gasteiger partial charge on any atom is 0.222 e. The maximum atomic E-state index is 5.69. The van der Waals surface area contributed by atoms with E-state index < -0.39 is 0 Å². The van der Waals surface area contributed by atoms with Crippen LogP contribution in [0.25, 0.3) is 0 Å². The number of hydrogen-bond donors (Lipinski definition) is 2. The van der Waals surface area contributed by atoms with Crippen molar-refractivity contribution < 1.29 is 0 Å². The van der Waals surface area contributed by atoms with Gasteiger partial charge in [0.1, 0.15) is 0 Å². The van der Waals surface area contributed by atoms with Crippen LogP contribution in [0.4, 0.5) is 5.95 Å². The smallest absolute Gasteiger partial charge is 0.222 e. The normalized spacial score (nSPS) is 20.5. The van der Waals surface area contributed by atoms with Gasteiger partial charge in [-0.3, -0.25) is 0 Å². The Labute approximate surface area is 94.5 Å². The van der Waals surface area contributed by atoms with Crippen molar-refractivity contribution in [2.75, 3.05) is 18.4 Å². The molecule has 1 unspecified atom stereocenters. The topological polar surface area (TPSA) is 49.8 Å². The van der Waals surface area contributed by atoms with E-state index in [0.717, 1.165) is 19.5 Å². The van der Waals surface area contributed by atoms with Gasteiger partial charge in [-0.2, -0.15) is 0 Å². The average molecular weight is 227 g/mol. The Morgan fingerprint density at radius 3 is 2.93 bits per heavy atom. The van der Waals surface area contributed by atoms with E-state index >= 15 is 0 Å². The number of aromatic nitrogens is 2. The third-order valence-electron chi connectivity index (χ3n) is 2.56. The molecule has 82 valence electrons. The lowest BCUT2D eigenvalue weighted by Crippen LogP contribution is -2.24. The van der Waals surface area contributed by atoms with Gasteiger partial charge in [-0.05, 0) is 25.8 Å². The summed E-state index contributed by atoms with van der Waals surface area (Å²) in [5.74, 6) is 0.650. The second-order valence-electron chi connectivity index (χ2n) is 3.73. The largest absolute Gasteiger partial charge is 0.354 e. The SMILES string of the molecule is Clc1cnc(NCCC2CCCN2)nc1. The molecular formula is C10H15ClN4. The van der Waals surface area contributed by atoms with Crippen molar-refractivity contribution >= 4 is 17.5 Å². The molecule has 0 bridgehead atoms. The molecule has 0 saturated carbocycles. The molecule has 0 aromatic carbocycles. The molecule has 1 aliphatic heterocycles. The van der Waals surface area contributed by atoms with E-state index in [9.17, 15) is 0 Å². The van der Waals surface area contributed by atoms with Crippen LogP contribution in [0.3, 0.4) is 0 Å². The molecular weight excluding hydrogens is 212 g/mol. The number of rotatable bonds is 4. The van der Waals surface area contributed by atoms with Crippen molar-refractivity contribution in [2.45, 2.75) is 25.3 Å². The maximum absolute atomic E-state index is 5.69. The van der Waals surface area contributed by atoms with Crippen LogP contribution < -0.4 is 10.6 Å². The molecule has 1 aromatic rings. The van der Waals surface area contributed by atoms with Gasteiger partial charge in [-0.15, -0.1) is 0 Å². The molecule has 0 radical (unpaired) electrons. The average Bonchev–Trinajstić information content (AvgIpc) is 2.74. The van der Waals surface area contributed by atoms with Crippen LogP contribution in [0.2, 0.25) is 5.02 Å². The van der Waals surface area contributed by atoms with Crippen molar-refractivity contribution in [1.82, 2.24) is 15.3 Å². The molecule has 0 aliphatic carbocycles. The molecule has 15 heavy (non-hydrogen) atoms. The van der Waals surface area contributed by atoms with Gasteiger partial charge >= 0.3 is 0 Å². The van der Waals surface area contributed by atoms with Crippen LogP contribution in [-0.2, 0) is 0 Å². The minimum atomic E-state index is 0.568. The van der Waals surface area contributed by atoms with Gasteiger partial charge in [0.15, 0.2) is 0 Å². The van der Waals surface area contributed by atoms with Crippen molar-refractivity contribution in [3.63, 3.8) is 0 Å². The molecule has 4 nitrogen and oxygen atoms in total. The Balaban J connectivity index is 1.71. The molecule has 1 aromatic heterocycles. The summed E-state index contributed by atoms with van der Waals surface area (Å²) in [4.78, 5) is 8.14. The summed E-state index contributed by atoms with van der Waals surface area (Å²) in [5, 5.41) is 7.20. The van der Waals surface area contributed by atoms with E-state index in [0.29, 0.717) is 17.0 Å². The Morgan fingerprint density at radius 1 is 1.47 bits per heavy atom. The van der Waals surface area contributed by atoms with Crippen molar-refractivity contribution in [1.29, 1.82) is 0 Å². The zero-order valence-corrected chi connectivity index (χ0v) is 9.30. The first kappa shape index (κ1) is 10.6. The standard InChI is InChI=1S/C10H15ClN4/c11-8-6-14-10(15-7-8)13-5-3-9-2-1-4-12-9/h6-7,9,12H,1-5H2,(H,13,14,15). The van der Waals surface area contributed by atoms with Gasteiger partial charge in [-0.25, -0.2) is 9.97 Å². The van der Waals surface area contributed by atoms with Gasteiger partial charge in [0.2, 0.25) is 5.95 Å². The Morgan fingerprint density at radius 2 is 2.27 bits per heavy atom. The number of nitrogens with zero attached hydrogens (tertiary/aromatic N) is 2. The van der Waals surface area contributed by atoms with E-state index in [-0.39, 0.29) is 0 Å². The summed E-state index contributed by atoms with van der Waals surface area (Å²) >= 11 is 5.69. The van der Waals surface area contributed by atoms with Crippen molar-refractivity contribution in [3.8, 4) is 0 Å². The van der Waals surface area contributed by atoms with Crippen LogP contribution in [0, 0.1) is 0 Å². The highest BCUT2D eigenvalue weighted by atomic mass is 35.5. The molecule has 1 saturated heterocycles.